The molecule has 26 heavy (non-hydrogen) atoms. The lowest BCUT2D eigenvalue weighted by atomic mass is 9.98. The fourth-order valence-corrected chi connectivity index (χ4v) is 3.57. The van der Waals surface area contributed by atoms with Gasteiger partial charge in [-0.15, -0.1) is 0 Å². The van der Waals surface area contributed by atoms with E-state index in [0.717, 1.165) is 23.1 Å². The minimum atomic E-state index is -0.0252. The maximum Gasteiger partial charge on any atom is 0.257 e. The smallest absolute Gasteiger partial charge is 0.257 e. The molecule has 0 bridgehead atoms. The molecule has 1 aliphatic rings. The number of methoxy groups -OCH3 is 1. The summed E-state index contributed by atoms with van der Waals surface area (Å²) in [7, 11) is 1.67. The second-order valence-electron chi connectivity index (χ2n) is 6.26. The Labute approximate surface area is 156 Å². The minimum Gasteiger partial charge on any atom is -0.497 e. The Bertz CT molecular complexity index is 1060. The highest BCUT2D eigenvalue weighted by Gasteiger charge is 2.21. The van der Waals surface area contributed by atoms with Crippen LogP contribution in [0.15, 0.2) is 48.8 Å². The van der Waals surface area contributed by atoms with E-state index in [1.807, 2.05) is 29.3 Å². The van der Waals surface area contributed by atoms with E-state index < -0.39 is 0 Å². The van der Waals surface area contributed by atoms with Crippen molar-refractivity contribution in [1.29, 1.82) is 0 Å². The molecule has 0 spiro atoms. The Kier molecular flexibility index (Phi) is 4.34. The molecule has 4 rings (SSSR count). The molecule has 0 fully saturated rings. The summed E-state index contributed by atoms with van der Waals surface area (Å²) < 4.78 is 5.83. The van der Waals surface area contributed by atoms with Crippen LogP contribution in [0.5, 0.6) is 5.75 Å². The standard InChI is InChI=1S/C20H19N3O2S/c1-25-14-4-5-18-16(11-14)17(12-22-18)13-6-9-23(10-7-13)20(24)15-3-2-8-21-19(15)26/h2-6,8,11-12,22H,7,9-10H2,1H3,(H,21,26). The molecule has 1 aromatic carbocycles. The minimum absolute atomic E-state index is 0.0252. The van der Waals surface area contributed by atoms with Gasteiger partial charge in [0, 0.05) is 41.9 Å². The Morgan fingerprint density at radius 1 is 1.27 bits per heavy atom. The molecule has 0 saturated carbocycles. The molecule has 1 amide bonds. The summed E-state index contributed by atoms with van der Waals surface area (Å²) in [6, 6.07) is 9.58. The summed E-state index contributed by atoms with van der Waals surface area (Å²) >= 11 is 5.23. The van der Waals surface area contributed by atoms with Crippen molar-refractivity contribution in [3.8, 4) is 5.75 Å². The number of pyridine rings is 1. The van der Waals surface area contributed by atoms with Gasteiger partial charge in [0.1, 0.15) is 10.4 Å². The van der Waals surface area contributed by atoms with Crippen LogP contribution in [0.1, 0.15) is 22.3 Å². The zero-order valence-electron chi connectivity index (χ0n) is 14.4. The van der Waals surface area contributed by atoms with E-state index in [1.54, 1.807) is 25.4 Å². The molecule has 132 valence electrons. The van der Waals surface area contributed by atoms with Crippen LogP contribution < -0.4 is 4.74 Å². The molecule has 0 radical (unpaired) electrons. The SMILES string of the molecule is COc1ccc2[nH]cc(C3=CCN(C(=O)c4ccc[nH]c4=S)CC3)c2c1. The maximum atomic E-state index is 12.7. The summed E-state index contributed by atoms with van der Waals surface area (Å²) in [5.74, 6) is 0.813. The van der Waals surface area contributed by atoms with E-state index in [-0.39, 0.29) is 5.91 Å². The second kappa shape index (κ2) is 6.80. The number of hydrogen-bond acceptors (Lipinski definition) is 3. The molecule has 1 aliphatic heterocycles. The van der Waals surface area contributed by atoms with Gasteiger partial charge in [0.25, 0.3) is 5.91 Å². The van der Waals surface area contributed by atoms with Crippen LogP contribution in [0.4, 0.5) is 0 Å². The monoisotopic (exact) mass is 365 g/mol. The Balaban J connectivity index is 1.59. The molecular weight excluding hydrogens is 346 g/mol. The van der Waals surface area contributed by atoms with Gasteiger partial charge in [-0.2, -0.15) is 0 Å². The molecule has 2 N–H and O–H groups in total. The molecule has 5 nitrogen and oxygen atoms in total. The molecule has 6 heteroatoms. The van der Waals surface area contributed by atoms with Crippen LogP contribution in [-0.4, -0.2) is 41.0 Å². The van der Waals surface area contributed by atoms with Crippen molar-refractivity contribution in [2.24, 2.45) is 0 Å². The Morgan fingerprint density at radius 3 is 2.88 bits per heavy atom. The van der Waals surface area contributed by atoms with Crippen molar-refractivity contribution >= 4 is 34.6 Å². The van der Waals surface area contributed by atoms with E-state index in [4.69, 9.17) is 17.0 Å². The molecule has 0 saturated heterocycles. The summed E-state index contributed by atoms with van der Waals surface area (Å²) in [5, 5.41) is 1.14. The van der Waals surface area contributed by atoms with Crippen LogP contribution in [-0.2, 0) is 0 Å². The van der Waals surface area contributed by atoms with Crippen LogP contribution >= 0.6 is 12.2 Å². The number of carbonyl (C=O) groups excluding carboxylic acids is 1. The van der Waals surface area contributed by atoms with Crippen LogP contribution in [0.25, 0.3) is 16.5 Å². The van der Waals surface area contributed by atoms with Crippen LogP contribution in [0.2, 0.25) is 0 Å². The highest BCUT2D eigenvalue weighted by Crippen LogP contribution is 2.31. The van der Waals surface area contributed by atoms with Crippen molar-refractivity contribution in [3.63, 3.8) is 0 Å². The zero-order valence-corrected chi connectivity index (χ0v) is 15.2. The molecule has 0 atom stereocenters. The number of carbonyl (C=O) groups is 1. The number of nitrogens with zero attached hydrogens (tertiary/aromatic N) is 1. The van der Waals surface area contributed by atoms with Crippen molar-refractivity contribution < 1.29 is 9.53 Å². The van der Waals surface area contributed by atoms with Gasteiger partial charge in [-0.1, -0.05) is 18.3 Å². The number of rotatable bonds is 3. The number of amides is 1. The molecular formula is C20H19N3O2S. The third kappa shape index (κ3) is 2.93. The van der Waals surface area contributed by atoms with Gasteiger partial charge in [-0.3, -0.25) is 4.79 Å². The van der Waals surface area contributed by atoms with Gasteiger partial charge in [0.2, 0.25) is 0 Å². The zero-order chi connectivity index (χ0) is 18.1. The van der Waals surface area contributed by atoms with Crippen molar-refractivity contribution in [2.75, 3.05) is 20.2 Å². The van der Waals surface area contributed by atoms with E-state index in [9.17, 15) is 4.79 Å². The number of aromatic nitrogens is 2. The first kappa shape index (κ1) is 16.6. The lowest BCUT2D eigenvalue weighted by molar-refractivity contribution is 0.0772. The van der Waals surface area contributed by atoms with Crippen molar-refractivity contribution in [1.82, 2.24) is 14.9 Å². The number of H-pyrrole nitrogens is 2. The predicted octanol–water partition coefficient (Wildman–Crippen LogP) is 4.16. The molecule has 0 aliphatic carbocycles. The van der Waals surface area contributed by atoms with E-state index in [0.29, 0.717) is 23.3 Å². The van der Waals surface area contributed by atoms with E-state index >= 15 is 0 Å². The summed E-state index contributed by atoms with van der Waals surface area (Å²) in [6.45, 7) is 1.25. The van der Waals surface area contributed by atoms with E-state index in [2.05, 4.69) is 16.0 Å². The average Bonchev–Trinajstić information content (AvgIpc) is 3.11. The molecule has 2 aromatic heterocycles. The fourth-order valence-electron chi connectivity index (χ4n) is 3.35. The predicted molar refractivity (Wildman–Crippen MR) is 105 cm³/mol. The maximum absolute atomic E-state index is 12.7. The van der Waals surface area contributed by atoms with Crippen molar-refractivity contribution in [2.45, 2.75) is 6.42 Å². The Morgan fingerprint density at radius 2 is 2.15 bits per heavy atom. The summed E-state index contributed by atoms with van der Waals surface area (Å²) in [5.41, 5.74) is 4.04. The first-order valence-corrected chi connectivity index (χ1v) is 8.89. The number of fused-ring (bicyclic) bond motifs is 1. The largest absolute Gasteiger partial charge is 0.497 e. The first-order chi connectivity index (χ1) is 12.7. The topological polar surface area (TPSA) is 61.1 Å². The fraction of sp³-hybridized carbons (Fsp3) is 0.200. The number of nitrogens with one attached hydrogen (secondary N) is 2. The number of ether oxygens (including phenoxy) is 1. The van der Waals surface area contributed by atoms with Gasteiger partial charge in [-0.25, -0.2) is 0 Å². The van der Waals surface area contributed by atoms with Gasteiger partial charge in [-0.05, 0) is 42.3 Å². The number of aromatic amines is 2. The lowest BCUT2D eigenvalue weighted by Crippen LogP contribution is -2.34. The quantitative estimate of drug-likeness (QED) is 0.685. The Hall–Kier alpha value is -2.86. The lowest BCUT2D eigenvalue weighted by Gasteiger charge is -2.26. The third-order valence-corrected chi connectivity index (χ3v) is 5.12. The first-order valence-electron chi connectivity index (χ1n) is 8.49. The summed E-state index contributed by atoms with van der Waals surface area (Å²) in [4.78, 5) is 20.8. The van der Waals surface area contributed by atoms with Gasteiger partial charge < -0.3 is 19.6 Å². The normalized spacial score (nSPS) is 14.3. The number of benzene rings is 1. The molecule has 3 aromatic rings. The van der Waals surface area contributed by atoms with Crippen molar-refractivity contribution in [3.05, 3.63) is 64.6 Å². The molecule has 0 unspecified atom stereocenters. The third-order valence-electron chi connectivity index (χ3n) is 4.78. The second-order valence-corrected chi connectivity index (χ2v) is 6.67. The van der Waals surface area contributed by atoms with Gasteiger partial charge in [0.15, 0.2) is 0 Å². The number of hydrogen-bond donors (Lipinski definition) is 2. The van der Waals surface area contributed by atoms with Gasteiger partial charge >= 0.3 is 0 Å². The highest BCUT2D eigenvalue weighted by molar-refractivity contribution is 7.71. The van der Waals surface area contributed by atoms with E-state index in [1.165, 1.54) is 11.1 Å². The molecule has 3 heterocycles. The van der Waals surface area contributed by atoms with Gasteiger partial charge in [0.05, 0.1) is 12.7 Å². The average molecular weight is 365 g/mol. The van der Waals surface area contributed by atoms with Crippen LogP contribution in [0, 0.1) is 4.64 Å². The van der Waals surface area contributed by atoms with Crippen LogP contribution in [0.3, 0.4) is 0 Å². The highest BCUT2D eigenvalue weighted by atomic mass is 32.1. The summed E-state index contributed by atoms with van der Waals surface area (Å²) in [6.07, 6.45) is 6.69.